The number of aryl methyl sites for hydroxylation is 1. The third-order valence-corrected chi connectivity index (χ3v) is 4.53. The molecule has 1 saturated heterocycles. The van der Waals surface area contributed by atoms with Crippen LogP contribution in [0.5, 0.6) is 0 Å². The van der Waals surface area contributed by atoms with Crippen LogP contribution in [0.25, 0.3) is 11.2 Å². The fourth-order valence-corrected chi connectivity index (χ4v) is 3.21. The third-order valence-electron chi connectivity index (χ3n) is 4.05. The largest absolute Gasteiger partial charge is 0.469 e. The molecule has 26 heavy (non-hydrogen) atoms. The van der Waals surface area contributed by atoms with Crippen molar-refractivity contribution in [2.45, 2.75) is 38.0 Å². The minimum atomic E-state index is -4.77. The number of aliphatic hydroxyl groups excluding tert-OH is 2. The van der Waals surface area contributed by atoms with Crippen molar-refractivity contribution in [3.8, 4) is 0 Å². The molecule has 1 unspecified atom stereocenters. The number of nitrogens with zero attached hydrogens (tertiary/aromatic N) is 3. The Balaban J connectivity index is 1.99. The van der Waals surface area contributed by atoms with Gasteiger partial charge in [-0.1, -0.05) is 4.98 Å². The number of nitrogens with two attached hydrogens (primary N) is 1. The van der Waals surface area contributed by atoms with Crippen LogP contribution in [0.1, 0.15) is 13.2 Å². The van der Waals surface area contributed by atoms with Gasteiger partial charge in [0.05, 0.1) is 13.2 Å². The van der Waals surface area contributed by atoms with Gasteiger partial charge in [-0.25, -0.2) is 9.13 Å². The number of ether oxygens (including phenoxy) is 1. The Morgan fingerprint density at radius 1 is 1.46 bits per heavy atom. The molecule has 13 nitrogen and oxygen atoms in total. The number of phosphoric ester groups is 1. The van der Waals surface area contributed by atoms with Gasteiger partial charge >= 0.3 is 13.5 Å². The summed E-state index contributed by atoms with van der Waals surface area (Å²) in [4.78, 5) is 36.1. The smallest absolute Gasteiger partial charge is 0.387 e. The number of aromatic amines is 1. The summed E-state index contributed by atoms with van der Waals surface area (Å²) in [6.07, 6.45) is -3.82. The summed E-state index contributed by atoms with van der Waals surface area (Å²) in [6, 6.07) is 0. The zero-order chi connectivity index (χ0) is 19.2. The van der Waals surface area contributed by atoms with Crippen LogP contribution < -0.4 is 15.9 Å². The van der Waals surface area contributed by atoms with Crippen LogP contribution in [0.15, 0.2) is 11.1 Å². The lowest BCUT2D eigenvalue weighted by molar-refractivity contribution is -0.746. The molecule has 144 valence electrons. The van der Waals surface area contributed by atoms with Crippen LogP contribution in [0.2, 0.25) is 0 Å². The van der Waals surface area contributed by atoms with Crippen LogP contribution >= 0.6 is 7.82 Å². The molecule has 0 aromatic carbocycles. The molecule has 0 bridgehead atoms. The minimum absolute atomic E-state index is 0.126. The first-order chi connectivity index (χ1) is 12.1. The van der Waals surface area contributed by atoms with E-state index in [1.54, 1.807) is 11.5 Å². The van der Waals surface area contributed by atoms with Crippen molar-refractivity contribution >= 4 is 24.9 Å². The van der Waals surface area contributed by atoms with E-state index in [0.717, 1.165) is 0 Å². The maximum atomic E-state index is 12.2. The number of aliphatic hydroxyl groups is 2. The molecule has 0 spiro atoms. The van der Waals surface area contributed by atoms with Gasteiger partial charge in [0.2, 0.25) is 11.7 Å². The van der Waals surface area contributed by atoms with Crippen molar-refractivity contribution in [2.75, 3.05) is 12.3 Å². The fraction of sp³-hybridized carbons (Fsp3) is 0.583. The van der Waals surface area contributed by atoms with E-state index in [1.165, 1.54) is 10.9 Å². The van der Waals surface area contributed by atoms with E-state index in [1.807, 2.05) is 0 Å². The molecule has 1 fully saturated rings. The van der Waals surface area contributed by atoms with Crippen LogP contribution in [0, 0.1) is 0 Å². The standard InChI is InChI=1S/C12H18N5O8P/c1-2-16-4-17(9-6(16)10(20)15-12(13)14-9)11-8(19)7(18)5(25-11)3-24-26(21,22)23/h4-5,7-8,11,18-19H,2-3H2,1H3,(H4-,13,14,15,20,21,22,23)/p+1/t5-,7-,8-,11?/m1/s1. The Hall–Kier alpha value is -1.86. The summed E-state index contributed by atoms with van der Waals surface area (Å²) in [5.41, 5.74) is 5.42. The van der Waals surface area contributed by atoms with E-state index in [9.17, 15) is 19.6 Å². The highest BCUT2D eigenvalue weighted by Gasteiger charge is 2.47. The van der Waals surface area contributed by atoms with E-state index < -0.39 is 44.5 Å². The molecule has 0 radical (unpaired) electrons. The van der Waals surface area contributed by atoms with Gasteiger partial charge in [-0.2, -0.15) is 0 Å². The molecule has 4 atom stereocenters. The Kier molecular flexibility index (Phi) is 4.88. The van der Waals surface area contributed by atoms with Crippen LogP contribution in [0.3, 0.4) is 0 Å². The molecule has 3 rings (SSSR count). The lowest BCUT2D eigenvalue weighted by Crippen LogP contribution is -2.46. The number of fused-ring (bicyclic) bond motifs is 1. The highest BCUT2D eigenvalue weighted by Crippen LogP contribution is 2.37. The SMILES string of the molecule is CCn1c[n+](C2O[C@H](COP(=O)(O)O)[C@@H](O)[C@H]2O)c2nc(N)[nH]c(=O)c21. The number of anilines is 1. The number of nitrogen functional groups attached to an aromatic ring is 1. The number of imidazole rings is 1. The predicted octanol–water partition coefficient (Wildman–Crippen LogP) is -2.66. The van der Waals surface area contributed by atoms with Gasteiger partial charge in [0.1, 0.15) is 18.3 Å². The quantitative estimate of drug-likeness (QED) is 0.231. The van der Waals surface area contributed by atoms with Crippen molar-refractivity contribution < 1.29 is 38.4 Å². The highest BCUT2D eigenvalue weighted by atomic mass is 31.2. The number of nitrogens with one attached hydrogen (secondary N) is 1. The van der Waals surface area contributed by atoms with Gasteiger partial charge in [-0.3, -0.25) is 18.9 Å². The van der Waals surface area contributed by atoms with Crippen molar-refractivity contribution in [3.63, 3.8) is 0 Å². The lowest BCUT2D eigenvalue weighted by Gasteiger charge is -2.14. The molecular weight excluding hydrogens is 373 g/mol. The fourth-order valence-electron chi connectivity index (χ4n) is 2.87. The molecule has 1 aliphatic rings. The topological polar surface area (TPSA) is 197 Å². The summed E-state index contributed by atoms with van der Waals surface area (Å²) in [5.74, 6) is -0.139. The summed E-state index contributed by atoms with van der Waals surface area (Å²) < 4.78 is 23.5. The van der Waals surface area contributed by atoms with E-state index in [0.29, 0.717) is 6.54 Å². The van der Waals surface area contributed by atoms with E-state index in [-0.39, 0.29) is 17.1 Å². The average Bonchev–Trinajstić information content (AvgIpc) is 3.04. The maximum absolute atomic E-state index is 12.2. The summed E-state index contributed by atoms with van der Waals surface area (Å²) >= 11 is 0. The van der Waals surface area contributed by atoms with Crippen LogP contribution in [0.4, 0.5) is 5.95 Å². The van der Waals surface area contributed by atoms with Gasteiger partial charge in [0.25, 0.3) is 11.5 Å². The van der Waals surface area contributed by atoms with Gasteiger partial charge < -0.3 is 30.5 Å². The highest BCUT2D eigenvalue weighted by molar-refractivity contribution is 7.46. The van der Waals surface area contributed by atoms with Gasteiger partial charge in [0.15, 0.2) is 6.33 Å². The predicted molar refractivity (Wildman–Crippen MR) is 84.6 cm³/mol. The average molecular weight is 392 g/mol. The third kappa shape index (κ3) is 3.38. The second-order valence-corrected chi connectivity index (χ2v) is 7.00. The zero-order valence-corrected chi connectivity index (χ0v) is 14.5. The number of hydrogen-bond acceptors (Lipinski definition) is 8. The first-order valence-corrected chi connectivity index (χ1v) is 9.17. The second-order valence-electron chi connectivity index (χ2n) is 5.76. The van der Waals surface area contributed by atoms with Crippen LogP contribution in [-0.4, -0.2) is 59.5 Å². The number of hydrogen-bond donors (Lipinski definition) is 6. The van der Waals surface area contributed by atoms with Gasteiger partial charge in [0, 0.05) is 0 Å². The van der Waals surface area contributed by atoms with Crippen LogP contribution in [-0.2, 0) is 20.4 Å². The summed E-state index contributed by atoms with van der Waals surface area (Å²) in [6.45, 7) is 1.56. The number of aromatic nitrogens is 4. The molecule has 0 saturated carbocycles. The van der Waals surface area contributed by atoms with E-state index >= 15 is 0 Å². The van der Waals surface area contributed by atoms with Crippen molar-refractivity contribution in [2.24, 2.45) is 0 Å². The normalized spacial score (nSPS) is 26.7. The molecule has 7 N–H and O–H groups in total. The summed E-state index contributed by atoms with van der Waals surface area (Å²) in [7, 11) is -4.77. The first-order valence-electron chi connectivity index (χ1n) is 7.64. The Morgan fingerprint density at radius 2 is 2.15 bits per heavy atom. The molecule has 3 heterocycles. The van der Waals surface area contributed by atoms with E-state index in [2.05, 4.69) is 14.5 Å². The molecule has 14 heteroatoms. The molecule has 1 aliphatic heterocycles. The molecule has 0 amide bonds. The Morgan fingerprint density at radius 3 is 2.77 bits per heavy atom. The Bertz CT molecular complexity index is 922. The van der Waals surface area contributed by atoms with Crippen molar-refractivity contribution in [1.82, 2.24) is 14.5 Å². The molecule has 2 aromatic heterocycles. The summed E-state index contributed by atoms with van der Waals surface area (Å²) in [5, 5.41) is 20.4. The van der Waals surface area contributed by atoms with Gasteiger partial charge in [-0.15, -0.1) is 0 Å². The van der Waals surface area contributed by atoms with Crippen molar-refractivity contribution in [3.05, 3.63) is 16.7 Å². The maximum Gasteiger partial charge on any atom is 0.469 e. The molecule has 2 aromatic rings. The number of H-pyrrole nitrogens is 1. The van der Waals surface area contributed by atoms with E-state index in [4.69, 9.17) is 20.3 Å². The lowest BCUT2D eigenvalue weighted by atomic mass is 10.1. The first kappa shape index (κ1) is 18.9. The van der Waals surface area contributed by atoms with Gasteiger partial charge in [-0.05, 0) is 6.92 Å². The monoisotopic (exact) mass is 392 g/mol. The zero-order valence-electron chi connectivity index (χ0n) is 13.6. The number of phosphoric acid groups is 1. The Labute approximate surface area is 145 Å². The second kappa shape index (κ2) is 6.70. The molecule has 0 aliphatic carbocycles. The number of rotatable bonds is 5. The molecular formula is C12H19N5O8P+. The van der Waals surface area contributed by atoms with Crippen molar-refractivity contribution in [1.29, 1.82) is 0 Å². The minimum Gasteiger partial charge on any atom is -0.387 e.